The number of aryl methyl sites for hydroxylation is 1. The van der Waals surface area contributed by atoms with Gasteiger partial charge in [0.15, 0.2) is 11.5 Å². The number of rotatable bonds is 7. The van der Waals surface area contributed by atoms with Crippen LogP contribution < -0.4 is 21.1 Å². The zero-order valence-corrected chi connectivity index (χ0v) is 21.1. The van der Waals surface area contributed by atoms with Crippen LogP contribution in [0.1, 0.15) is 29.5 Å². The quantitative estimate of drug-likeness (QED) is 0.407. The number of hydrogen-bond acceptors (Lipinski definition) is 5. The minimum Gasteiger partial charge on any atom is -0.352 e. The van der Waals surface area contributed by atoms with Crippen LogP contribution in [0, 0.1) is 6.92 Å². The molecule has 4 aromatic rings. The summed E-state index contributed by atoms with van der Waals surface area (Å²) in [5.74, 6) is 0.443. The van der Waals surface area contributed by atoms with E-state index in [0.717, 1.165) is 24.8 Å². The van der Waals surface area contributed by atoms with Crippen molar-refractivity contribution >= 4 is 23.0 Å². The van der Waals surface area contributed by atoms with Crippen molar-refractivity contribution < 1.29 is 4.79 Å². The van der Waals surface area contributed by atoms with E-state index in [4.69, 9.17) is 4.98 Å². The van der Waals surface area contributed by atoms with Gasteiger partial charge >= 0.3 is 6.03 Å². The van der Waals surface area contributed by atoms with Gasteiger partial charge in [0.1, 0.15) is 5.52 Å². The van der Waals surface area contributed by atoms with Gasteiger partial charge in [0.25, 0.3) is 5.56 Å². The van der Waals surface area contributed by atoms with Gasteiger partial charge in [0.05, 0.1) is 6.54 Å². The Labute approximate surface area is 216 Å². The molecule has 0 aliphatic carbocycles. The molecule has 1 saturated heterocycles. The second-order valence-corrected chi connectivity index (χ2v) is 9.56. The maximum absolute atomic E-state index is 13.6. The van der Waals surface area contributed by atoms with Crippen molar-refractivity contribution in [3.8, 4) is 0 Å². The number of anilines is 1. The lowest BCUT2D eigenvalue weighted by atomic mass is 10.1. The summed E-state index contributed by atoms with van der Waals surface area (Å²) in [6.07, 6.45) is 3.98. The van der Waals surface area contributed by atoms with Crippen LogP contribution in [0.4, 0.5) is 10.6 Å². The van der Waals surface area contributed by atoms with Crippen LogP contribution in [0.5, 0.6) is 0 Å². The van der Waals surface area contributed by atoms with Crippen LogP contribution in [-0.4, -0.2) is 46.2 Å². The first-order valence-corrected chi connectivity index (χ1v) is 12.8. The van der Waals surface area contributed by atoms with Gasteiger partial charge in [-0.3, -0.25) is 9.36 Å². The number of urea groups is 1. The van der Waals surface area contributed by atoms with Crippen LogP contribution in [0.3, 0.4) is 0 Å². The van der Waals surface area contributed by atoms with Crippen molar-refractivity contribution in [3.05, 3.63) is 100.0 Å². The van der Waals surface area contributed by atoms with Crippen LogP contribution in [0.2, 0.25) is 0 Å². The van der Waals surface area contributed by atoms with E-state index in [1.54, 1.807) is 10.8 Å². The maximum Gasteiger partial charge on any atom is 0.315 e. The van der Waals surface area contributed by atoms with Gasteiger partial charge in [-0.05, 0) is 49.4 Å². The van der Waals surface area contributed by atoms with Crippen LogP contribution in [-0.2, 0) is 13.0 Å². The Hall–Kier alpha value is -4.20. The Bertz CT molecular complexity index is 1410. The van der Waals surface area contributed by atoms with Crippen molar-refractivity contribution in [2.75, 3.05) is 24.5 Å². The van der Waals surface area contributed by atoms with Gasteiger partial charge in [-0.25, -0.2) is 14.8 Å². The monoisotopic (exact) mass is 496 g/mol. The summed E-state index contributed by atoms with van der Waals surface area (Å²) in [4.78, 5) is 37.2. The highest BCUT2D eigenvalue weighted by Gasteiger charge is 2.25. The zero-order valence-electron chi connectivity index (χ0n) is 21.1. The fourth-order valence-electron chi connectivity index (χ4n) is 4.73. The molecule has 1 aliphatic heterocycles. The van der Waals surface area contributed by atoms with Gasteiger partial charge in [-0.2, -0.15) is 0 Å². The largest absolute Gasteiger partial charge is 0.352 e. The average molecular weight is 497 g/mol. The molecule has 1 aliphatic rings. The molecule has 8 nitrogen and oxygen atoms in total. The summed E-state index contributed by atoms with van der Waals surface area (Å²) in [6, 6.07) is 21.9. The molecule has 37 heavy (non-hydrogen) atoms. The molecule has 2 amide bonds. The molecule has 2 aromatic carbocycles. The van der Waals surface area contributed by atoms with Crippen molar-refractivity contribution in [3.63, 3.8) is 0 Å². The van der Waals surface area contributed by atoms with E-state index in [0.29, 0.717) is 43.2 Å². The van der Waals surface area contributed by atoms with Gasteiger partial charge in [0.2, 0.25) is 0 Å². The number of pyridine rings is 1. The predicted octanol–water partition coefficient (Wildman–Crippen LogP) is 3.66. The molecule has 8 heteroatoms. The van der Waals surface area contributed by atoms with Gasteiger partial charge < -0.3 is 15.5 Å². The molecule has 2 aromatic heterocycles. The summed E-state index contributed by atoms with van der Waals surface area (Å²) in [6.45, 7) is 4.36. The highest BCUT2D eigenvalue weighted by molar-refractivity contribution is 5.74. The molecular weight excluding hydrogens is 464 g/mol. The van der Waals surface area contributed by atoms with Gasteiger partial charge in [-0.1, -0.05) is 60.2 Å². The number of carbonyl (C=O) groups is 1. The second-order valence-electron chi connectivity index (χ2n) is 9.56. The number of benzene rings is 2. The summed E-state index contributed by atoms with van der Waals surface area (Å²) >= 11 is 0. The number of aromatic nitrogens is 3. The Morgan fingerprint density at radius 3 is 2.49 bits per heavy atom. The van der Waals surface area contributed by atoms with Crippen molar-refractivity contribution in [2.45, 2.75) is 38.8 Å². The van der Waals surface area contributed by atoms with E-state index in [-0.39, 0.29) is 17.6 Å². The first kappa shape index (κ1) is 24.5. The molecule has 5 rings (SSSR count). The molecule has 0 unspecified atom stereocenters. The van der Waals surface area contributed by atoms with E-state index in [2.05, 4.69) is 27.8 Å². The van der Waals surface area contributed by atoms with Crippen molar-refractivity contribution in [1.82, 2.24) is 25.2 Å². The second kappa shape index (κ2) is 11.2. The first-order valence-electron chi connectivity index (χ1n) is 12.8. The molecular formula is C29H32N6O2. The topological polar surface area (TPSA) is 92.2 Å². The molecule has 0 saturated carbocycles. The van der Waals surface area contributed by atoms with Gasteiger partial charge in [-0.15, -0.1) is 0 Å². The minimum atomic E-state index is -0.148. The number of nitrogens with zero attached hydrogens (tertiary/aromatic N) is 4. The molecule has 190 valence electrons. The fraction of sp³-hybridized carbons (Fsp3) is 0.310. The SMILES string of the molecule is Cc1ccc(Cn2c(=O)c(N3CCC(NC(=O)NCCc4ccccc4)CC3)nc3cccnc32)cc1. The smallest absolute Gasteiger partial charge is 0.315 e. The molecule has 2 N–H and O–H groups in total. The van der Waals surface area contributed by atoms with E-state index >= 15 is 0 Å². The third-order valence-corrected chi connectivity index (χ3v) is 6.82. The summed E-state index contributed by atoms with van der Waals surface area (Å²) in [5, 5.41) is 6.03. The number of amides is 2. The Kier molecular flexibility index (Phi) is 7.44. The molecule has 1 fully saturated rings. The number of fused-ring (bicyclic) bond motifs is 1. The van der Waals surface area contributed by atoms with Crippen molar-refractivity contribution in [1.29, 1.82) is 0 Å². The Morgan fingerprint density at radius 1 is 0.973 bits per heavy atom. The van der Waals surface area contributed by atoms with Crippen LogP contribution in [0.15, 0.2) is 77.7 Å². The molecule has 0 bridgehead atoms. The average Bonchev–Trinajstić information content (AvgIpc) is 2.92. The molecule has 3 heterocycles. The third kappa shape index (κ3) is 5.97. The number of piperidine rings is 1. The highest BCUT2D eigenvalue weighted by atomic mass is 16.2. The lowest BCUT2D eigenvalue weighted by molar-refractivity contribution is 0.234. The Balaban J connectivity index is 1.23. The predicted molar refractivity (Wildman–Crippen MR) is 146 cm³/mol. The lowest BCUT2D eigenvalue weighted by Gasteiger charge is -2.33. The normalized spacial score (nSPS) is 14.0. The number of hydrogen-bond donors (Lipinski definition) is 2. The van der Waals surface area contributed by atoms with Crippen LogP contribution >= 0.6 is 0 Å². The summed E-state index contributed by atoms with van der Waals surface area (Å²) < 4.78 is 1.72. The fourth-order valence-corrected chi connectivity index (χ4v) is 4.73. The van der Waals surface area contributed by atoms with Crippen molar-refractivity contribution in [2.24, 2.45) is 0 Å². The number of nitrogens with one attached hydrogen (secondary N) is 2. The first-order chi connectivity index (χ1) is 18.1. The Morgan fingerprint density at radius 2 is 1.73 bits per heavy atom. The van der Waals surface area contributed by atoms with E-state index in [1.807, 2.05) is 66.4 Å². The lowest BCUT2D eigenvalue weighted by Crippen LogP contribution is -2.49. The molecule has 0 radical (unpaired) electrons. The van der Waals surface area contributed by atoms with E-state index in [9.17, 15) is 9.59 Å². The molecule has 0 spiro atoms. The van der Waals surface area contributed by atoms with Gasteiger partial charge in [0, 0.05) is 31.9 Å². The van der Waals surface area contributed by atoms with Crippen LogP contribution in [0.25, 0.3) is 11.2 Å². The highest BCUT2D eigenvalue weighted by Crippen LogP contribution is 2.19. The number of carbonyl (C=O) groups excluding carboxylic acids is 1. The zero-order chi connectivity index (χ0) is 25.6. The summed E-state index contributed by atoms with van der Waals surface area (Å²) in [7, 11) is 0. The maximum atomic E-state index is 13.6. The van der Waals surface area contributed by atoms with E-state index in [1.165, 1.54) is 11.1 Å². The summed E-state index contributed by atoms with van der Waals surface area (Å²) in [5.41, 5.74) is 4.55. The standard InChI is InChI=1S/C29H32N6O2/c1-21-9-11-23(12-10-21)20-35-26-25(8-5-16-30-26)33-27(28(35)36)34-18-14-24(15-19-34)32-29(37)31-17-13-22-6-3-2-4-7-22/h2-12,16,24H,13-15,17-20H2,1H3,(H2,31,32,37). The minimum absolute atomic E-state index is 0.0601. The molecule has 0 atom stereocenters. The van der Waals surface area contributed by atoms with E-state index < -0.39 is 0 Å². The third-order valence-electron chi connectivity index (χ3n) is 6.82.